The van der Waals surface area contributed by atoms with Crippen molar-refractivity contribution in [2.45, 2.75) is 20.0 Å². The monoisotopic (exact) mass is 526 g/mol. The molecule has 1 aromatic heterocycles. The quantitative estimate of drug-likeness (QED) is 0.291. The summed E-state index contributed by atoms with van der Waals surface area (Å²) in [4.78, 5) is 19.1. The number of methoxy groups -OCH3 is 1. The predicted molar refractivity (Wildman–Crippen MR) is 124 cm³/mol. The van der Waals surface area contributed by atoms with Gasteiger partial charge in [-0.05, 0) is 64.9 Å². The van der Waals surface area contributed by atoms with E-state index in [-0.39, 0.29) is 5.91 Å². The lowest BCUT2D eigenvalue weighted by Crippen LogP contribution is -2.28. The van der Waals surface area contributed by atoms with Crippen LogP contribution in [0.15, 0.2) is 41.4 Å². The molecule has 0 aliphatic carbocycles. The summed E-state index contributed by atoms with van der Waals surface area (Å²) in [5.41, 5.74) is 1.70. The Balaban J connectivity index is 1.83. The molecule has 3 rings (SSSR count). The molecule has 146 valence electrons. The maximum atomic E-state index is 12.6. The standard InChI is InChI=1S/C20H19IN2O3S2/c1-3-8-23-19(24)17(28-20(23)27)11-13-9-15(21)18(16(10-13)25-2)26-12-14-6-4-5-7-22-14/h4-7,9-11H,3,8,12H2,1-2H3/b17-11+. The van der Waals surface area contributed by atoms with Crippen molar-refractivity contribution in [2.24, 2.45) is 0 Å². The van der Waals surface area contributed by atoms with Crippen LogP contribution in [0.25, 0.3) is 6.08 Å². The number of pyridine rings is 1. The van der Waals surface area contributed by atoms with Crippen LogP contribution in [0.1, 0.15) is 24.6 Å². The molecule has 5 nitrogen and oxygen atoms in total. The van der Waals surface area contributed by atoms with Crippen LogP contribution < -0.4 is 9.47 Å². The number of nitrogens with zero attached hydrogens (tertiary/aromatic N) is 2. The molecule has 8 heteroatoms. The molecule has 0 atom stereocenters. The van der Waals surface area contributed by atoms with Gasteiger partial charge in [-0.25, -0.2) is 0 Å². The Hall–Kier alpha value is -1.65. The number of ether oxygens (including phenoxy) is 2. The second-order valence-corrected chi connectivity index (χ2v) is 8.82. The third kappa shape index (κ3) is 4.84. The van der Waals surface area contributed by atoms with Crippen LogP contribution >= 0.6 is 46.6 Å². The first-order valence-corrected chi connectivity index (χ1v) is 11.0. The van der Waals surface area contributed by atoms with E-state index in [2.05, 4.69) is 27.6 Å². The topological polar surface area (TPSA) is 51.7 Å². The number of thiocarbonyl (C=S) groups is 1. The molecule has 1 aliphatic heterocycles. The molecule has 1 fully saturated rings. The number of amides is 1. The maximum absolute atomic E-state index is 12.6. The minimum absolute atomic E-state index is 0.0405. The third-order valence-electron chi connectivity index (χ3n) is 3.96. The average molecular weight is 526 g/mol. The molecule has 0 N–H and O–H groups in total. The Morgan fingerprint density at radius 3 is 2.86 bits per heavy atom. The average Bonchev–Trinajstić information content (AvgIpc) is 2.95. The first kappa shape index (κ1) is 21.1. The second kappa shape index (κ2) is 9.71. The fourth-order valence-corrected chi connectivity index (χ4v) is 4.75. The zero-order chi connectivity index (χ0) is 20.1. The van der Waals surface area contributed by atoms with Crippen molar-refractivity contribution in [3.63, 3.8) is 0 Å². The van der Waals surface area contributed by atoms with Crippen LogP contribution in [0.3, 0.4) is 0 Å². The highest BCUT2D eigenvalue weighted by Gasteiger charge is 2.31. The molecule has 0 spiro atoms. The largest absolute Gasteiger partial charge is 0.493 e. The molecule has 0 saturated carbocycles. The first-order chi connectivity index (χ1) is 13.5. The zero-order valence-electron chi connectivity index (χ0n) is 15.5. The van der Waals surface area contributed by atoms with Gasteiger partial charge in [0.15, 0.2) is 11.5 Å². The summed E-state index contributed by atoms with van der Waals surface area (Å²) < 4.78 is 13.0. The van der Waals surface area contributed by atoms with Crippen molar-refractivity contribution in [3.8, 4) is 11.5 Å². The van der Waals surface area contributed by atoms with Gasteiger partial charge in [-0.15, -0.1) is 0 Å². The van der Waals surface area contributed by atoms with E-state index in [0.29, 0.717) is 33.9 Å². The van der Waals surface area contributed by atoms with Crippen molar-refractivity contribution >= 4 is 62.9 Å². The number of benzene rings is 1. The Labute approximate surface area is 187 Å². The van der Waals surface area contributed by atoms with E-state index >= 15 is 0 Å². The predicted octanol–water partition coefficient (Wildman–Crippen LogP) is 4.89. The van der Waals surface area contributed by atoms with E-state index in [0.717, 1.165) is 21.2 Å². The lowest BCUT2D eigenvalue weighted by molar-refractivity contribution is -0.122. The number of thioether (sulfide) groups is 1. The molecule has 0 unspecified atom stereocenters. The maximum Gasteiger partial charge on any atom is 0.266 e. The second-order valence-electron chi connectivity index (χ2n) is 5.98. The third-order valence-corrected chi connectivity index (χ3v) is 6.14. The molecule has 28 heavy (non-hydrogen) atoms. The zero-order valence-corrected chi connectivity index (χ0v) is 19.3. The number of carbonyl (C=O) groups is 1. The molecule has 0 radical (unpaired) electrons. The smallest absolute Gasteiger partial charge is 0.266 e. The van der Waals surface area contributed by atoms with Gasteiger partial charge in [-0.2, -0.15) is 0 Å². The van der Waals surface area contributed by atoms with Gasteiger partial charge < -0.3 is 9.47 Å². The molecule has 1 amide bonds. The normalized spacial score (nSPS) is 15.4. The van der Waals surface area contributed by atoms with Crippen molar-refractivity contribution in [2.75, 3.05) is 13.7 Å². The number of hydrogen-bond acceptors (Lipinski definition) is 6. The van der Waals surface area contributed by atoms with Crippen LogP contribution in [-0.4, -0.2) is 33.8 Å². The number of rotatable bonds is 7. The minimum Gasteiger partial charge on any atom is -0.493 e. The van der Waals surface area contributed by atoms with E-state index < -0.39 is 0 Å². The Kier molecular flexibility index (Phi) is 7.30. The van der Waals surface area contributed by atoms with Crippen LogP contribution in [-0.2, 0) is 11.4 Å². The lowest BCUT2D eigenvalue weighted by atomic mass is 10.2. The van der Waals surface area contributed by atoms with E-state index in [1.165, 1.54) is 11.8 Å². The molecular weight excluding hydrogens is 507 g/mol. The first-order valence-electron chi connectivity index (χ1n) is 8.69. The van der Waals surface area contributed by atoms with Crippen LogP contribution in [0.4, 0.5) is 0 Å². The summed E-state index contributed by atoms with van der Waals surface area (Å²) in [5, 5.41) is 0. The Morgan fingerprint density at radius 2 is 2.18 bits per heavy atom. The van der Waals surface area contributed by atoms with Crippen LogP contribution in [0, 0.1) is 3.57 Å². The summed E-state index contributed by atoms with van der Waals surface area (Å²) in [6.07, 6.45) is 4.45. The van der Waals surface area contributed by atoms with E-state index in [1.807, 2.05) is 43.3 Å². The number of hydrogen-bond donors (Lipinski definition) is 0. The highest BCUT2D eigenvalue weighted by Crippen LogP contribution is 2.37. The van der Waals surface area contributed by atoms with Gasteiger partial charge in [-0.1, -0.05) is 37.0 Å². The van der Waals surface area contributed by atoms with E-state index in [1.54, 1.807) is 18.2 Å². The van der Waals surface area contributed by atoms with Crippen LogP contribution in [0.2, 0.25) is 0 Å². The summed E-state index contributed by atoms with van der Waals surface area (Å²) in [7, 11) is 1.60. The summed E-state index contributed by atoms with van der Waals surface area (Å²) in [6, 6.07) is 9.52. The van der Waals surface area contributed by atoms with Gasteiger partial charge in [0.25, 0.3) is 5.91 Å². The SMILES string of the molecule is CCCN1C(=O)/C(=C\c2cc(I)c(OCc3ccccn3)c(OC)c2)SC1=S. The van der Waals surface area contributed by atoms with Gasteiger partial charge in [0.05, 0.1) is 21.3 Å². The lowest BCUT2D eigenvalue weighted by Gasteiger charge is -2.14. The summed E-state index contributed by atoms with van der Waals surface area (Å²) in [6.45, 7) is 3.02. The molecule has 1 aromatic carbocycles. The fourth-order valence-electron chi connectivity index (χ4n) is 2.66. The van der Waals surface area contributed by atoms with Gasteiger partial charge >= 0.3 is 0 Å². The summed E-state index contributed by atoms with van der Waals surface area (Å²) >= 11 is 8.87. The van der Waals surface area contributed by atoms with Crippen molar-refractivity contribution in [1.82, 2.24) is 9.88 Å². The number of aromatic nitrogens is 1. The van der Waals surface area contributed by atoms with Crippen molar-refractivity contribution < 1.29 is 14.3 Å². The van der Waals surface area contributed by atoms with Gasteiger partial charge in [0.2, 0.25) is 0 Å². The highest BCUT2D eigenvalue weighted by atomic mass is 127. The van der Waals surface area contributed by atoms with Crippen molar-refractivity contribution in [3.05, 3.63) is 56.3 Å². The Bertz CT molecular complexity index is 919. The summed E-state index contributed by atoms with van der Waals surface area (Å²) in [5.74, 6) is 1.23. The number of carbonyl (C=O) groups excluding carboxylic acids is 1. The van der Waals surface area contributed by atoms with Gasteiger partial charge in [-0.3, -0.25) is 14.7 Å². The molecule has 1 aliphatic rings. The van der Waals surface area contributed by atoms with Gasteiger partial charge in [0.1, 0.15) is 10.9 Å². The molecule has 2 aromatic rings. The minimum atomic E-state index is -0.0405. The molecule has 1 saturated heterocycles. The van der Waals surface area contributed by atoms with E-state index in [9.17, 15) is 4.79 Å². The fraction of sp³-hybridized carbons (Fsp3) is 0.250. The van der Waals surface area contributed by atoms with E-state index in [4.69, 9.17) is 21.7 Å². The number of halogens is 1. The molecule has 2 heterocycles. The van der Waals surface area contributed by atoms with Crippen molar-refractivity contribution in [1.29, 1.82) is 0 Å². The Morgan fingerprint density at radius 1 is 1.36 bits per heavy atom. The van der Waals surface area contributed by atoms with Gasteiger partial charge in [0, 0.05) is 12.7 Å². The highest BCUT2D eigenvalue weighted by molar-refractivity contribution is 14.1. The van der Waals surface area contributed by atoms with Crippen LogP contribution in [0.5, 0.6) is 11.5 Å². The molecule has 0 bridgehead atoms. The molecular formula is C20H19IN2O3S2.